The predicted octanol–water partition coefficient (Wildman–Crippen LogP) is 2.43. The summed E-state index contributed by atoms with van der Waals surface area (Å²) in [6.07, 6.45) is 4.85. The first-order chi connectivity index (χ1) is 13.8. The van der Waals surface area contributed by atoms with Crippen molar-refractivity contribution in [2.75, 3.05) is 19.0 Å². The normalized spacial score (nSPS) is 22.3. The van der Waals surface area contributed by atoms with E-state index in [9.17, 15) is 24.5 Å². The minimum atomic E-state index is -1.01. The van der Waals surface area contributed by atoms with E-state index in [2.05, 4.69) is 10.6 Å². The number of methoxy groups -OCH3 is 1. The summed E-state index contributed by atoms with van der Waals surface area (Å²) in [5, 5.41) is 16.2. The lowest BCUT2D eigenvalue weighted by Gasteiger charge is -2.34. The Morgan fingerprint density at radius 1 is 1.34 bits per heavy atom. The van der Waals surface area contributed by atoms with E-state index in [0.717, 1.165) is 43.1 Å². The van der Waals surface area contributed by atoms with Gasteiger partial charge in [-0.25, -0.2) is 4.79 Å². The maximum absolute atomic E-state index is 12.9. The van der Waals surface area contributed by atoms with Gasteiger partial charge in [0.05, 0.1) is 17.7 Å². The smallest absolute Gasteiger partial charge is 0.325 e. The van der Waals surface area contributed by atoms with Gasteiger partial charge in [0.2, 0.25) is 5.91 Å². The minimum absolute atomic E-state index is 0.0395. The first kappa shape index (κ1) is 20.6. The number of ether oxygens (including phenoxy) is 1. The van der Waals surface area contributed by atoms with Crippen LogP contribution in [0.15, 0.2) is 18.2 Å². The fourth-order valence-electron chi connectivity index (χ4n) is 4.06. The van der Waals surface area contributed by atoms with Gasteiger partial charge >= 0.3 is 6.03 Å². The standard InChI is InChI=1S/C19H24N4O6/c1-19(12-6-4-3-5-7-12)17(25)22(18(26)21-19)11-16(24)20-14-10-13(23(27)28)8-9-15(14)29-2/h8-10,12H,3-7,11H2,1-2H3,(H,20,24)(H,21,26)/t19-/m1/s1. The lowest BCUT2D eigenvalue weighted by atomic mass is 9.75. The summed E-state index contributed by atoms with van der Waals surface area (Å²) in [6.45, 7) is 1.23. The Morgan fingerprint density at radius 3 is 2.66 bits per heavy atom. The van der Waals surface area contributed by atoms with E-state index in [1.807, 2.05) is 0 Å². The fourth-order valence-corrected chi connectivity index (χ4v) is 4.06. The second-order valence-electron chi connectivity index (χ2n) is 7.55. The Labute approximate surface area is 167 Å². The molecule has 156 valence electrons. The summed E-state index contributed by atoms with van der Waals surface area (Å²) in [5.41, 5.74) is -1.14. The number of nitrogens with one attached hydrogen (secondary N) is 2. The van der Waals surface area contributed by atoms with Gasteiger partial charge in [0.25, 0.3) is 11.6 Å². The van der Waals surface area contributed by atoms with Crippen molar-refractivity contribution in [1.82, 2.24) is 10.2 Å². The molecule has 0 bridgehead atoms. The number of nitro benzene ring substituents is 1. The van der Waals surface area contributed by atoms with Crippen molar-refractivity contribution in [3.63, 3.8) is 0 Å². The van der Waals surface area contributed by atoms with Crippen molar-refractivity contribution >= 4 is 29.2 Å². The number of benzene rings is 1. The second-order valence-corrected chi connectivity index (χ2v) is 7.55. The Kier molecular flexibility index (Phi) is 5.71. The molecule has 1 aromatic carbocycles. The molecule has 10 heteroatoms. The Balaban J connectivity index is 1.72. The number of anilines is 1. The number of amides is 4. The monoisotopic (exact) mass is 404 g/mol. The average molecular weight is 404 g/mol. The van der Waals surface area contributed by atoms with Gasteiger partial charge in [0.15, 0.2) is 0 Å². The van der Waals surface area contributed by atoms with Gasteiger partial charge in [0, 0.05) is 12.1 Å². The summed E-state index contributed by atoms with van der Waals surface area (Å²) >= 11 is 0. The van der Waals surface area contributed by atoms with Gasteiger partial charge in [-0.2, -0.15) is 0 Å². The van der Waals surface area contributed by atoms with Crippen LogP contribution in [-0.4, -0.2) is 46.9 Å². The highest BCUT2D eigenvalue weighted by molar-refractivity contribution is 6.10. The van der Waals surface area contributed by atoms with E-state index >= 15 is 0 Å². The molecule has 2 N–H and O–H groups in total. The summed E-state index contributed by atoms with van der Waals surface area (Å²) in [6, 6.07) is 3.17. The molecular weight excluding hydrogens is 380 g/mol. The van der Waals surface area contributed by atoms with Crippen LogP contribution in [0.25, 0.3) is 0 Å². The van der Waals surface area contributed by atoms with Crippen LogP contribution in [0.4, 0.5) is 16.2 Å². The first-order valence-corrected chi connectivity index (χ1v) is 9.52. The third-order valence-corrected chi connectivity index (χ3v) is 5.69. The third-order valence-electron chi connectivity index (χ3n) is 5.69. The van der Waals surface area contributed by atoms with Gasteiger partial charge in [-0.3, -0.25) is 24.6 Å². The SMILES string of the molecule is COc1ccc([N+](=O)[O-])cc1NC(=O)CN1C(=O)N[C@](C)(C2CCCCC2)C1=O. The lowest BCUT2D eigenvalue weighted by molar-refractivity contribution is -0.384. The third kappa shape index (κ3) is 4.01. The number of nitrogens with zero attached hydrogens (tertiary/aromatic N) is 2. The maximum atomic E-state index is 12.9. The number of urea groups is 1. The average Bonchev–Trinajstić information content (AvgIpc) is 2.92. The summed E-state index contributed by atoms with van der Waals surface area (Å²) in [7, 11) is 1.36. The van der Waals surface area contributed by atoms with Crippen LogP contribution in [0.3, 0.4) is 0 Å². The van der Waals surface area contributed by atoms with Crippen LogP contribution in [0.1, 0.15) is 39.0 Å². The van der Waals surface area contributed by atoms with E-state index in [1.165, 1.54) is 19.2 Å². The molecule has 1 aliphatic carbocycles. The Bertz CT molecular complexity index is 851. The van der Waals surface area contributed by atoms with Crippen molar-refractivity contribution < 1.29 is 24.0 Å². The number of rotatable bonds is 6. The highest BCUT2D eigenvalue weighted by atomic mass is 16.6. The van der Waals surface area contributed by atoms with Crippen LogP contribution in [0, 0.1) is 16.0 Å². The van der Waals surface area contributed by atoms with Gasteiger partial charge in [-0.1, -0.05) is 19.3 Å². The van der Waals surface area contributed by atoms with Crippen LogP contribution in [-0.2, 0) is 9.59 Å². The zero-order valence-corrected chi connectivity index (χ0v) is 16.4. The molecular formula is C19H24N4O6. The molecule has 3 rings (SSSR count). The fraction of sp³-hybridized carbons (Fsp3) is 0.526. The van der Waals surface area contributed by atoms with Gasteiger partial charge < -0.3 is 15.4 Å². The molecule has 29 heavy (non-hydrogen) atoms. The molecule has 1 saturated carbocycles. The zero-order valence-electron chi connectivity index (χ0n) is 16.4. The van der Waals surface area contributed by atoms with Crippen LogP contribution < -0.4 is 15.4 Å². The number of imide groups is 1. The Hall–Kier alpha value is -3.17. The zero-order chi connectivity index (χ0) is 21.2. The molecule has 0 radical (unpaired) electrons. The van der Waals surface area contributed by atoms with E-state index in [-0.39, 0.29) is 23.0 Å². The molecule has 0 aromatic heterocycles. The molecule has 2 aliphatic rings. The second kappa shape index (κ2) is 8.06. The highest BCUT2D eigenvalue weighted by Gasteiger charge is 2.52. The quantitative estimate of drug-likeness (QED) is 0.425. The summed E-state index contributed by atoms with van der Waals surface area (Å²) in [4.78, 5) is 49.1. The largest absolute Gasteiger partial charge is 0.495 e. The lowest BCUT2D eigenvalue weighted by Crippen LogP contribution is -2.51. The van der Waals surface area contributed by atoms with E-state index < -0.39 is 34.9 Å². The maximum Gasteiger partial charge on any atom is 0.325 e. The molecule has 2 fully saturated rings. The molecule has 1 atom stereocenters. The molecule has 1 heterocycles. The van der Waals surface area contributed by atoms with Gasteiger partial charge in [-0.05, 0) is 31.7 Å². The number of carbonyl (C=O) groups is 3. The summed E-state index contributed by atoms with van der Waals surface area (Å²) in [5.74, 6) is -0.804. The Morgan fingerprint density at radius 2 is 2.03 bits per heavy atom. The molecule has 4 amide bonds. The molecule has 1 saturated heterocycles. The van der Waals surface area contributed by atoms with Crippen molar-refractivity contribution in [3.8, 4) is 5.75 Å². The molecule has 1 aliphatic heterocycles. The minimum Gasteiger partial charge on any atom is -0.495 e. The van der Waals surface area contributed by atoms with Crippen molar-refractivity contribution in [1.29, 1.82) is 0 Å². The van der Waals surface area contributed by atoms with Crippen LogP contribution >= 0.6 is 0 Å². The molecule has 0 unspecified atom stereocenters. The topological polar surface area (TPSA) is 131 Å². The van der Waals surface area contributed by atoms with E-state index in [0.29, 0.717) is 0 Å². The van der Waals surface area contributed by atoms with Crippen LogP contribution in [0.5, 0.6) is 5.75 Å². The number of nitro groups is 1. The first-order valence-electron chi connectivity index (χ1n) is 9.52. The number of hydrogen-bond donors (Lipinski definition) is 2. The molecule has 1 aromatic rings. The van der Waals surface area contributed by atoms with E-state index in [4.69, 9.17) is 4.74 Å². The van der Waals surface area contributed by atoms with Crippen molar-refractivity contribution in [2.24, 2.45) is 5.92 Å². The number of carbonyl (C=O) groups excluding carboxylic acids is 3. The van der Waals surface area contributed by atoms with Crippen molar-refractivity contribution in [2.45, 2.75) is 44.6 Å². The van der Waals surface area contributed by atoms with Gasteiger partial charge in [0.1, 0.15) is 17.8 Å². The summed E-state index contributed by atoms with van der Waals surface area (Å²) < 4.78 is 5.11. The van der Waals surface area contributed by atoms with Crippen molar-refractivity contribution in [3.05, 3.63) is 28.3 Å². The predicted molar refractivity (Wildman–Crippen MR) is 104 cm³/mol. The molecule has 0 spiro atoms. The highest BCUT2D eigenvalue weighted by Crippen LogP contribution is 2.36. The van der Waals surface area contributed by atoms with Gasteiger partial charge in [-0.15, -0.1) is 0 Å². The number of non-ortho nitro benzene ring substituents is 1. The van der Waals surface area contributed by atoms with Crippen LogP contribution in [0.2, 0.25) is 0 Å². The number of hydrogen-bond acceptors (Lipinski definition) is 6. The van der Waals surface area contributed by atoms with E-state index in [1.54, 1.807) is 6.92 Å². The molecule has 10 nitrogen and oxygen atoms in total.